The van der Waals surface area contributed by atoms with Crippen LogP contribution in [0.15, 0.2) is 6.33 Å². The van der Waals surface area contributed by atoms with Gasteiger partial charge in [-0.05, 0) is 0 Å². The van der Waals surface area contributed by atoms with Gasteiger partial charge in [-0.3, -0.25) is 15.3 Å². The predicted octanol–water partition coefficient (Wildman–Crippen LogP) is -2.18. The lowest BCUT2D eigenvalue weighted by Gasteiger charge is -2.16. The maximum atomic E-state index is 10.0. The van der Waals surface area contributed by atoms with Gasteiger partial charge in [0, 0.05) is 0 Å². The summed E-state index contributed by atoms with van der Waals surface area (Å²) in [6, 6.07) is 0. The topological polar surface area (TPSA) is 172 Å². The summed E-state index contributed by atoms with van der Waals surface area (Å²) in [5, 5.41) is 37.9. The van der Waals surface area contributed by atoms with E-state index in [-0.39, 0.29) is 22.9 Å². The Balaban J connectivity index is 2.07. The van der Waals surface area contributed by atoms with Gasteiger partial charge in [-0.25, -0.2) is 4.98 Å². The Kier molecular flexibility index (Phi) is 3.35. The van der Waals surface area contributed by atoms with E-state index in [1.807, 2.05) is 5.48 Å². The van der Waals surface area contributed by atoms with Gasteiger partial charge in [-0.1, -0.05) is 0 Å². The standard InChI is InChI=1S/C10H14N6O5/c11-10-13-7(15-20)4-8(14-10)16(2-12-4)9-6(19)5(18)3(1-17)21-9/h2-3,5-6,9,17-20H,1H2,(H3,11,13,14,15)/t3-,5?,6?,9-/m1/s1. The van der Waals surface area contributed by atoms with E-state index in [1.54, 1.807) is 0 Å². The maximum absolute atomic E-state index is 10.0. The molecule has 114 valence electrons. The molecular formula is C10H14N6O5. The quantitative estimate of drug-likeness (QED) is 0.342. The number of aromatic nitrogens is 4. The molecule has 2 unspecified atom stereocenters. The summed E-state index contributed by atoms with van der Waals surface area (Å²) in [7, 11) is 0. The Bertz CT molecular complexity index is 663. The van der Waals surface area contributed by atoms with Crippen LogP contribution in [-0.2, 0) is 4.74 Å². The number of rotatable bonds is 3. The first kappa shape index (κ1) is 13.9. The third-order valence-electron chi connectivity index (χ3n) is 3.34. The van der Waals surface area contributed by atoms with Crippen LogP contribution < -0.4 is 11.2 Å². The molecule has 1 aliphatic heterocycles. The van der Waals surface area contributed by atoms with Gasteiger partial charge < -0.3 is 25.8 Å². The van der Waals surface area contributed by atoms with Crippen molar-refractivity contribution in [3.8, 4) is 0 Å². The summed E-state index contributed by atoms with van der Waals surface area (Å²) in [6.45, 7) is -0.443. The van der Waals surface area contributed by atoms with Gasteiger partial charge in [0.1, 0.15) is 18.3 Å². The molecule has 3 heterocycles. The molecule has 1 aliphatic rings. The third kappa shape index (κ3) is 2.07. The molecule has 0 aliphatic carbocycles. The molecule has 0 spiro atoms. The monoisotopic (exact) mass is 298 g/mol. The highest BCUT2D eigenvalue weighted by molar-refractivity contribution is 5.83. The lowest BCUT2D eigenvalue weighted by Crippen LogP contribution is -2.33. The molecule has 4 atom stereocenters. The van der Waals surface area contributed by atoms with Crippen LogP contribution >= 0.6 is 0 Å². The zero-order valence-corrected chi connectivity index (χ0v) is 10.7. The SMILES string of the molecule is Nc1nc(NO)c2ncn([C@@H]3O[C@H](CO)C(O)C3O)c2n1. The molecule has 0 amide bonds. The summed E-state index contributed by atoms with van der Waals surface area (Å²) in [5.41, 5.74) is 7.81. The van der Waals surface area contributed by atoms with Crippen LogP contribution in [0.25, 0.3) is 11.2 Å². The lowest BCUT2D eigenvalue weighted by atomic mass is 10.1. The average Bonchev–Trinajstić information content (AvgIpc) is 3.01. The molecule has 0 aromatic carbocycles. The maximum Gasteiger partial charge on any atom is 0.224 e. The largest absolute Gasteiger partial charge is 0.394 e. The van der Waals surface area contributed by atoms with E-state index >= 15 is 0 Å². The summed E-state index contributed by atoms with van der Waals surface area (Å²) >= 11 is 0. The van der Waals surface area contributed by atoms with E-state index in [1.165, 1.54) is 10.9 Å². The Morgan fingerprint density at radius 3 is 2.71 bits per heavy atom. The summed E-state index contributed by atoms with van der Waals surface area (Å²) in [4.78, 5) is 11.8. The molecule has 11 nitrogen and oxygen atoms in total. The van der Waals surface area contributed by atoms with Crippen LogP contribution in [0.1, 0.15) is 6.23 Å². The number of aliphatic hydroxyl groups excluding tert-OH is 3. The van der Waals surface area contributed by atoms with E-state index in [0.717, 1.165) is 0 Å². The van der Waals surface area contributed by atoms with Crippen molar-refractivity contribution in [2.75, 3.05) is 17.8 Å². The van der Waals surface area contributed by atoms with Crippen molar-refractivity contribution >= 4 is 22.9 Å². The minimum absolute atomic E-state index is 0.00277. The number of hydrogen-bond donors (Lipinski definition) is 6. The van der Waals surface area contributed by atoms with Crippen molar-refractivity contribution in [2.24, 2.45) is 0 Å². The van der Waals surface area contributed by atoms with Gasteiger partial charge in [0.05, 0.1) is 12.9 Å². The molecule has 0 radical (unpaired) electrons. The summed E-state index contributed by atoms with van der Waals surface area (Å²) < 4.78 is 6.73. The fourth-order valence-corrected chi connectivity index (χ4v) is 2.31. The molecule has 3 rings (SSSR count). The molecule has 0 saturated carbocycles. The number of nitrogens with one attached hydrogen (secondary N) is 1. The van der Waals surface area contributed by atoms with E-state index in [0.29, 0.717) is 0 Å². The van der Waals surface area contributed by atoms with Gasteiger partial charge in [0.15, 0.2) is 23.2 Å². The number of nitrogens with zero attached hydrogens (tertiary/aromatic N) is 4. The molecule has 21 heavy (non-hydrogen) atoms. The van der Waals surface area contributed by atoms with Crippen LogP contribution in [-0.4, -0.2) is 65.0 Å². The van der Waals surface area contributed by atoms with Crippen LogP contribution in [0.2, 0.25) is 0 Å². The van der Waals surface area contributed by atoms with E-state index in [2.05, 4.69) is 15.0 Å². The number of fused-ring (bicyclic) bond motifs is 1. The molecule has 2 aromatic rings. The van der Waals surface area contributed by atoms with Gasteiger partial charge in [0.2, 0.25) is 5.95 Å². The van der Waals surface area contributed by atoms with Gasteiger partial charge >= 0.3 is 0 Å². The minimum Gasteiger partial charge on any atom is -0.394 e. The summed E-state index contributed by atoms with van der Waals surface area (Å²) in [5.74, 6) is -0.115. The van der Waals surface area contributed by atoms with Crippen molar-refractivity contribution in [2.45, 2.75) is 24.5 Å². The Morgan fingerprint density at radius 2 is 2.10 bits per heavy atom. The second-order valence-corrected chi connectivity index (χ2v) is 4.60. The number of nitrogens with two attached hydrogens (primary N) is 1. The third-order valence-corrected chi connectivity index (χ3v) is 3.34. The lowest BCUT2D eigenvalue weighted by molar-refractivity contribution is -0.0511. The molecule has 7 N–H and O–H groups in total. The highest BCUT2D eigenvalue weighted by Gasteiger charge is 2.44. The molecular weight excluding hydrogens is 284 g/mol. The van der Waals surface area contributed by atoms with Crippen molar-refractivity contribution < 1.29 is 25.3 Å². The average molecular weight is 298 g/mol. The molecule has 0 bridgehead atoms. The van der Waals surface area contributed by atoms with E-state index in [9.17, 15) is 10.2 Å². The second-order valence-electron chi connectivity index (χ2n) is 4.60. The van der Waals surface area contributed by atoms with E-state index in [4.69, 9.17) is 20.8 Å². The number of hydrogen-bond acceptors (Lipinski definition) is 10. The first-order valence-corrected chi connectivity index (χ1v) is 6.09. The smallest absolute Gasteiger partial charge is 0.224 e. The normalized spacial score (nSPS) is 29.1. The Hall–Kier alpha value is -2.05. The first-order valence-electron chi connectivity index (χ1n) is 6.09. The molecule has 11 heteroatoms. The Labute approximate surface area is 117 Å². The molecule has 1 saturated heterocycles. The van der Waals surface area contributed by atoms with Gasteiger partial charge in [-0.2, -0.15) is 9.97 Å². The second kappa shape index (κ2) is 5.05. The summed E-state index contributed by atoms with van der Waals surface area (Å²) in [6.07, 6.45) is -3.13. The van der Waals surface area contributed by atoms with Crippen LogP contribution in [0.4, 0.5) is 11.8 Å². The van der Waals surface area contributed by atoms with Crippen LogP contribution in [0.5, 0.6) is 0 Å². The highest BCUT2D eigenvalue weighted by atomic mass is 16.6. The molecule has 1 fully saturated rings. The Morgan fingerprint density at radius 1 is 1.33 bits per heavy atom. The first-order chi connectivity index (χ1) is 10.1. The number of imidazole rings is 1. The van der Waals surface area contributed by atoms with Crippen molar-refractivity contribution in [1.29, 1.82) is 0 Å². The zero-order chi connectivity index (χ0) is 15.1. The van der Waals surface area contributed by atoms with Crippen LogP contribution in [0.3, 0.4) is 0 Å². The number of ether oxygens (including phenoxy) is 1. The van der Waals surface area contributed by atoms with Crippen molar-refractivity contribution in [3.63, 3.8) is 0 Å². The fraction of sp³-hybridized carbons (Fsp3) is 0.500. The highest BCUT2D eigenvalue weighted by Crippen LogP contribution is 2.32. The fourth-order valence-electron chi connectivity index (χ4n) is 2.31. The van der Waals surface area contributed by atoms with E-state index < -0.39 is 31.1 Å². The predicted molar refractivity (Wildman–Crippen MR) is 68.2 cm³/mol. The van der Waals surface area contributed by atoms with Crippen molar-refractivity contribution in [3.05, 3.63) is 6.33 Å². The van der Waals surface area contributed by atoms with Gasteiger partial charge in [-0.15, -0.1) is 0 Å². The van der Waals surface area contributed by atoms with Gasteiger partial charge in [0.25, 0.3) is 0 Å². The number of aliphatic hydroxyl groups is 3. The zero-order valence-electron chi connectivity index (χ0n) is 10.7. The minimum atomic E-state index is -1.28. The number of nitrogen functional groups attached to an aromatic ring is 1. The molecule has 2 aromatic heterocycles. The van der Waals surface area contributed by atoms with Crippen LogP contribution in [0, 0.1) is 0 Å². The number of anilines is 2. The van der Waals surface area contributed by atoms with Crippen molar-refractivity contribution in [1.82, 2.24) is 19.5 Å².